The summed E-state index contributed by atoms with van der Waals surface area (Å²) in [5.41, 5.74) is 0.175. The van der Waals surface area contributed by atoms with Crippen molar-refractivity contribution >= 4 is 35.1 Å². The predicted molar refractivity (Wildman–Crippen MR) is 113 cm³/mol. The summed E-state index contributed by atoms with van der Waals surface area (Å²) in [5.74, 6) is -0.987. The van der Waals surface area contributed by atoms with Crippen molar-refractivity contribution in [3.63, 3.8) is 0 Å². The third-order valence-electron chi connectivity index (χ3n) is 5.02. The zero-order valence-electron chi connectivity index (χ0n) is 16.4. The second kappa shape index (κ2) is 8.97. The number of nitrogens with zero attached hydrogens (tertiary/aromatic N) is 2. The number of urea groups is 1. The summed E-state index contributed by atoms with van der Waals surface area (Å²) in [6.07, 6.45) is 2.05. The van der Waals surface area contributed by atoms with Crippen LogP contribution in [0, 0.1) is 11.3 Å². The lowest BCUT2D eigenvalue weighted by Crippen LogP contribution is -2.44. The number of carbonyl (C=O) groups excluding carboxylic acids is 3. The highest BCUT2D eigenvalue weighted by Crippen LogP contribution is 2.34. The van der Waals surface area contributed by atoms with E-state index in [-0.39, 0.29) is 10.6 Å². The van der Waals surface area contributed by atoms with Crippen molar-refractivity contribution < 1.29 is 14.4 Å². The van der Waals surface area contributed by atoms with Crippen LogP contribution in [0.15, 0.2) is 48.5 Å². The van der Waals surface area contributed by atoms with Crippen molar-refractivity contribution in [2.45, 2.75) is 31.7 Å². The molecule has 1 aliphatic heterocycles. The monoisotopic (exact) mass is 424 g/mol. The molecule has 8 heteroatoms. The summed E-state index contributed by atoms with van der Waals surface area (Å²) >= 11 is 5.98. The Morgan fingerprint density at radius 1 is 1.23 bits per heavy atom. The van der Waals surface area contributed by atoms with Crippen LogP contribution >= 0.6 is 11.6 Å². The average Bonchev–Trinajstić information content (AvgIpc) is 2.98. The number of nitriles is 1. The van der Waals surface area contributed by atoms with E-state index in [1.54, 1.807) is 12.1 Å². The van der Waals surface area contributed by atoms with Crippen LogP contribution in [-0.2, 0) is 15.1 Å². The van der Waals surface area contributed by atoms with Gasteiger partial charge in [-0.25, -0.2) is 4.79 Å². The number of halogens is 1. The number of rotatable bonds is 7. The van der Waals surface area contributed by atoms with Crippen LogP contribution in [0.25, 0.3) is 0 Å². The maximum Gasteiger partial charge on any atom is 0.325 e. The van der Waals surface area contributed by atoms with Gasteiger partial charge in [0.2, 0.25) is 5.91 Å². The fourth-order valence-electron chi connectivity index (χ4n) is 3.47. The molecule has 1 saturated heterocycles. The zero-order valence-corrected chi connectivity index (χ0v) is 17.2. The number of unbranched alkanes of at least 4 members (excludes halogenated alkanes) is 1. The summed E-state index contributed by atoms with van der Waals surface area (Å²) in [4.78, 5) is 39.3. The van der Waals surface area contributed by atoms with Crippen molar-refractivity contribution in [2.24, 2.45) is 0 Å². The van der Waals surface area contributed by atoms with Crippen LogP contribution in [0.2, 0.25) is 5.02 Å². The third kappa shape index (κ3) is 4.14. The van der Waals surface area contributed by atoms with E-state index >= 15 is 0 Å². The minimum Gasteiger partial charge on any atom is -0.324 e. The highest BCUT2D eigenvalue weighted by molar-refractivity contribution is 6.32. The molecule has 4 amide bonds. The second-order valence-electron chi connectivity index (χ2n) is 7.05. The number of nitrogens with one attached hydrogen (secondary N) is 2. The zero-order chi connectivity index (χ0) is 21.7. The fraction of sp³-hybridized carbons (Fsp3) is 0.273. The van der Waals surface area contributed by atoms with Gasteiger partial charge in [-0.3, -0.25) is 14.5 Å². The molecule has 1 heterocycles. The lowest BCUT2D eigenvalue weighted by molar-refractivity contribution is -0.134. The van der Waals surface area contributed by atoms with Crippen molar-refractivity contribution in [1.82, 2.24) is 10.2 Å². The van der Waals surface area contributed by atoms with Gasteiger partial charge in [-0.1, -0.05) is 61.7 Å². The lowest BCUT2D eigenvalue weighted by Gasteiger charge is -2.27. The number of carbonyl (C=O) groups is 3. The number of amides is 4. The first-order chi connectivity index (χ1) is 14.4. The minimum atomic E-state index is -1.17. The van der Waals surface area contributed by atoms with Gasteiger partial charge in [0.1, 0.15) is 18.2 Å². The van der Waals surface area contributed by atoms with Crippen LogP contribution in [0.1, 0.15) is 37.3 Å². The maximum atomic E-state index is 13.3. The second-order valence-corrected chi connectivity index (χ2v) is 7.46. The van der Waals surface area contributed by atoms with Gasteiger partial charge in [0, 0.05) is 5.69 Å². The van der Waals surface area contributed by atoms with E-state index in [4.69, 9.17) is 16.9 Å². The quantitative estimate of drug-likeness (QED) is 0.660. The molecule has 30 heavy (non-hydrogen) atoms. The number of benzene rings is 2. The smallest absolute Gasteiger partial charge is 0.324 e. The summed E-state index contributed by atoms with van der Waals surface area (Å²) in [6.45, 7) is 1.58. The Hall–Kier alpha value is -3.37. The van der Waals surface area contributed by atoms with Gasteiger partial charge >= 0.3 is 6.03 Å². The van der Waals surface area contributed by atoms with Crippen molar-refractivity contribution in [3.8, 4) is 6.07 Å². The molecule has 0 radical (unpaired) electrons. The van der Waals surface area contributed by atoms with E-state index in [0.29, 0.717) is 17.7 Å². The first-order valence-corrected chi connectivity index (χ1v) is 9.98. The lowest BCUT2D eigenvalue weighted by atomic mass is 9.85. The van der Waals surface area contributed by atoms with Crippen LogP contribution < -0.4 is 10.6 Å². The summed E-state index contributed by atoms with van der Waals surface area (Å²) in [6, 6.07) is 14.9. The number of hydrogen-bond donors (Lipinski definition) is 2. The molecule has 2 aromatic rings. The first kappa shape index (κ1) is 21.3. The van der Waals surface area contributed by atoms with Gasteiger partial charge in [0.15, 0.2) is 0 Å². The topological polar surface area (TPSA) is 102 Å². The van der Waals surface area contributed by atoms with Gasteiger partial charge in [-0.05, 0) is 30.2 Å². The molecular weight excluding hydrogens is 404 g/mol. The molecule has 1 aliphatic rings. The van der Waals surface area contributed by atoms with Gasteiger partial charge in [0.25, 0.3) is 5.91 Å². The number of imide groups is 1. The van der Waals surface area contributed by atoms with Gasteiger partial charge in [0.05, 0.1) is 10.6 Å². The molecule has 0 saturated carbocycles. The Balaban J connectivity index is 1.79. The van der Waals surface area contributed by atoms with Crippen LogP contribution in [0.4, 0.5) is 10.5 Å². The maximum absolute atomic E-state index is 13.3. The van der Waals surface area contributed by atoms with E-state index in [0.717, 1.165) is 17.7 Å². The fourth-order valence-corrected chi connectivity index (χ4v) is 3.69. The highest BCUT2D eigenvalue weighted by Gasteiger charge is 2.52. The highest BCUT2D eigenvalue weighted by atomic mass is 35.5. The van der Waals surface area contributed by atoms with E-state index in [1.807, 2.05) is 31.2 Å². The van der Waals surface area contributed by atoms with Crippen molar-refractivity contribution in [1.29, 1.82) is 5.26 Å². The molecule has 7 nitrogen and oxygen atoms in total. The van der Waals surface area contributed by atoms with E-state index in [9.17, 15) is 14.4 Å². The first-order valence-electron chi connectivity index (χ1n) is 9.60. The molecule has 0 spiro atoms. The third-order valence-corrected chi connectivity index (χ3v) is 5.34. The molecule has 2 N–H and O–H groups in total. The average molecular weight is 425 g/mol. The minimum absolute atomic E-state index is 0.202. The van der Waals surface area contributed by atoms with Crippen molar-refractivity contribution in [3.05, 3.63) is 64.7 Å². The number of anilines is 1. The molecule has 3 rings (SSSR count). The molecular formula is C22H21ClN4O3. The van der Waals surface area contributed by atoms with Crippen LogP contribution in [0.3, 0.4) is 0 Å². The Bertz CT molecular complexity index is 1020. The molecule has 1 atom stereocenters. The van der Waals surface area contributed by atoms with Crippen LogP contribution in [0.5, 0.6) is 0 Å². The molecule has 1 fully saturated rings. The summed E-state index contributed by atoms with van der Waals surface area (Å²) in [5, 5.41) is 14.6. The van der Waals surface area contributed by atoms with E-state index < -0.39 is 29.9 Å². The van der Waals surface area contributed by atoms with Gasteiger partial charge in [-0.15, -0.1) is 0 Å². The molecule has 0 aliphatic carbocycles. The van der Waals surface area contributed by atoms with Crippen molar-refractivity contribution in [2.75, 3.05) is 11.9 Å². The van der Waals surface area contributed by atoms with E-state index in [1.165, 1.54) is 18.2 Å². The largest absolute Gasteiger partial charge is 0.325 e. The Morgan fingerprint density at radius 3 is 2.60 bits per heavy atom. The Kier molecular flexibility index (Phi) is 6.38. The van der Waals surface area contributed by atoms with Gasteiger partial charge in [-0.2, -0.15) is 5.26 Å². The molecule has 0 aromatic heterocycles. The summed E-state index contributed by atoms with van der Waals surface area (Å²) < 4.78 is 0. The SMILES string of the molecule is CCCC[C@@]1(c2ccccc2)NC(=O)N(CC(=O)Nc2ccc(C#N)c(Cl)c2)C1=O. The van der Waals surface area contributed by atoms with Gasteiger partial charge < -0.3 is 10.6 Å². The molecule has 154 valence electrons. The Morgan fingerprint density at radius 2 is 1.97 bits per heavy atom. The molecule has 2 aromatic carbocycles. The summed E-state index contributed by atoms with van der Waals surface area (Å²) in [7, 11) is 0. The Labute approximate surface area is 179 Å². The standard InChI is InChI=1S/C22H21ClN4O3/c1-2-3-11-22(16-7-5-4-6-8-16)20(29)27(21(30)26-22)14-19(28)25-17-10-9-15(13-24)18(23)12-17/h4-10,12H,2-3,11,14H2,1H3,(H,25,28)(H,26,30)/t22-/m0/s1. The van der Waals surface area contributed by atoms with Crippen LogP contribution in [-0.4, -0.2) is 29.3 Å². The predicted octanol–water partition coefficient (Wildman–Crippen LogP) is 3.79. The molecule has 0 unspecified atom stereocenters. The number of hydrogen-bond acceptors (Lipinski definition) is 4. The normalized spacial score (nSPS) is 18.1. The van der Waals surface area contributed by atoms with E-state index in [2.05, 4.69) is 10.6 Å². The molecule has 0 bridgehead atoms.